The average Bonchev–Trinajstić information content (AvgIpc) is 3.28. The molecule has 0 aromatic heterocycles. The molecule has 0 N–H and O–H groups in total. The Labute approximate surface area is 131 Å². The fraction of sp³-hybridized carbons (Fsp3) is 0.556. The van der Waals surface area contributed by atoms with Gasteiger partial charge in [-0.25, -0.2) is 0 Å². The zero-order chi connectivity index (χ0) is 15.2. The lowest BCUT2D eigenvalue weighted by Gasteiger charge is -2.31. The molecular weight excluding hydrogens is 276 g/mol. The maximum atomic E-state index is 13.1. The minimum absolute atomic E-state index is 0.0352. The molecule has 1 aromatic rings. The monoisotopic (exact) mass is 298 g/mol. The molecule has 2 aliphatic heterocycles. The van der Waals surface area contributed by atoms with Crippen LogP contribution in [0.3, 0.4) is 0 Å². The van der Waals surface area contributed by atoms with E-state index in [-0.39, 0.29) is 11.8 Å². The molecule has 0 radical (unpaired) electrons. The van der Waals surface area contributed by atoms with Crippen molar-refractivity contribution in [2.45, 2.75) is 38.5 Å². The summed E-state index contributed by atoms with van der Waals surface area (Å²) in [5.41, 5.74) is 1.48. The van der Waals surface area contributed by atoms with Crippen molar-refractivity contribution in [1.82, 2.24) is 4.90 Å². The number of amides is 2. The Morgan fingerprint density at radius 2 is 1.64 bits per heavy atom. The van der Waals surface area contributed by atoms with Crippen molar-refractivity contribution in [3.05, 3.63) is 29.8 Å². The van der Waals surface area contributed by atoms with Crippen molar-refractivity contribution in [2.75, 3.05) is 24.5 Å². The van der Waals surface area contributed by atoms with Crippen molar-refractivity contribution in [3.63, 3.8) is 0 Å². The molecule has 0 spiro atoms. The van der Waals surface area contributed by atoms with Gasteiger partial charge in [-0.1, -0.05) is 18.2 Å². The topological polar surface area (TPSA) is 40.6 Å². The van der Waals surface area contributed by atoms with Crippen molar-refractivity contribution in [2.24, 2.45) is 5.41 Å². The summed E-state index contributed by atoms with van der Waals surface area (Å²) < 4.78 is 0. The summed E-state index contributed by atoms with van der Waals surface area (Å²) in [5.74, 6) is 0.120. The van der Waals surface area contributed by atoms with Gasteiger partial charge in [0.1, 0.15) is 5.41 Å². The quantitative estimate of drug-likeness (QED) is 0.787. The molecule has 1 saturated heterocycles. The molecule has 4 nitrogen and oxygen atoms in total. The number of hydrogen-bond donors (Lipinski definition) is 0. The Morgan fingerprint density at radius 1 is 0.909 bits per heavy atom. The van der Waals surface area contributed by atoms with E-state index in [1.54, 1.807) is 0 Å². The zero-order valence-corrected chi connectivity index (χ0v) is 12.9. The third kappa shape index (κ3) is 2.04. The van der Waals surface area contributed by atoms with Crippen LogP contribution < -0.4 is 4.90 Å². The number of anilines is 1. The molecule has 22 heavy (non-hydrogen) atoms. The molecular formula is C18H22N2O2. The number of fused-ring (bicyclic) bond motifs is 1. The minimum atomic E-state index is -0.741. The number of benzene rings is 1. The maximum absolute atomic E-state index is 13.1. The van der Waals surface area contributed by atoms with Gasteiger partial charge in [-0.2, -0.15) is 0 Å². The Kier molecular flexibility index (Phi) is 3.21. The molecule has 1 saturated carbocycles. The number of likely N-dealkylation sites (tertiary alicyclic amines) is 1. The third-order valence-electron chi connectivity index (χ3n) is 5.34. The van der Waals surface area contributed by atoms with Gasteiger partial charge in [-0.05, 0) is 50.2 Å². The lowest BCUT2D eigenvalue weighted by Crippen LogP contribution is -2.48. The number of rotatable bonds is 2. The zero-order valence-electron chi connectivity index (χ0n) is 12.9. The van der Waals surface area contributed by atoms with Gasteiger partial charge in [-0.15, -0.1) is 0 Å². The van der Waals surface area contributed by atoms with Gasteiger partial charge in [0.25, 0.3) is 0 Å². The van der Waals surface area contributed by atoms with Crippen LogP contribution in [0.25, 0.3) is 0 Å². The van der Waals surface area contributed by atoms with Crippen LogP contribution >= 0.6 is 0 Å². The van der Waals surface area contributed by atoms with E-state index in [0.717, 1.165) is 50.9 Å². The summed E-state index contributed by atoms with van der Waals surface area (Å²) in [7, 11) is 0. The van der Waals surface area contributed by atoms with E-state index in [4.69, 9.17) is 0 Å². The van der Waals surface area contributed by atoms with Gasteiger partial charge in [-0.3, -0.25) is 9.59 Å². The third-order valence-corrected chi connectivity index (χ3v) is 5.34. The van der Waals surface area contributed by atoms with Crippen LogP contribution in [0, 0.1) is 5.41 Å². The standard InChI is InChI=1S/C18H22N2O2/c21-16(19-11-4-1-5-12-19)18(9-10-18)17(22)20-13-8-14-6-2-3-7-15(14)20/h2-3,6-7H,1,4-5,8-13H2. The highest BCUT2D eigenvalue weighted by molar-refractivity contribution is 6.14. The molecule has 4 heteroatoms. The second-order valence-corrected chi connectivity index (χ2v) is 6.77. The molecule has 1 aromatic carbocycles. The van der Waals surface area contributed by atoms with Crippen LogP contribution in [0.1, 0.15) is 37.7 Å². The number of hydrogen-bond acceptors (Lipinski definition) is 2. The molecule has 1 aliphatic carbocycles. The number of nitrogens with zero attached hydrogens (tertiary/aromatic N) is 2. The SMILES string of the molecule is O=C(N1CCCCC1)C1(C(=O)N2CCc3ccccc32)CC1. The van der Waals surface area contributed by atoms with Gasteiger partial charge in [0.15, 0.2) is 0 Å². The lowest BCUT2D eigenvalue weighted by atomic mass is 10.0. The number of carbonyl (C=O) groups excluding carboxylic acids is 2. The first kappa shape index (κ1) is 13.8. The van der Waals surface area contributed by atoms with Crippen molar-refractivity contribution in [1.29, 1.82) is 0 Å². The highest BCUT2D eigenvalue weighted by Crippen LogP contribution is 2.50. The van der Waals surface area contributed by atoms with Crippen molar-refractivity contribution in [3.8, 4) is 0 Å². The van der Waals surface area contributed by atoms with E-state index in [1.165, 1.54) is 12.0 Å². The van der Waals surface area contributed by atoms with Crippen LogP contribution in [0.2, 0.25) is 0 Å². The maximum Gasteiger partial charge on any atom is 0.242 e. The molecule has 2 heterocycles. The molecule has 3 aliphatic rings. The van der Waals surface area contributed by atoms with Crippen LogP contribution in [-0.4, -0.2) is 36.3 Å². The highest BCUT2D eigenvalue weighted by atomic mass is 16.2. The molecule has 0 atom stereocenters. The average molecular weight is 298 g/mol. The minimum Gasteiger partial charge on any atom is -0.342 e. The van der Waals surface area contributed by atoms with E-state index in [2.05, 4.69) is 6.07 Å². The molecule has 116 valence electrons. The van der Waals surface area contributed by atoms with Crippen LogP contribution in [0.15, 0.2) is 24.3 Å². The molecule has 2 fully saturated rings. The van der Waals surface area contributed by atoms with Crippen LogP contribution in [-0.2, 0) is 16.0 Å². The van der Waals surface area contributed by atoms with E-state index in [9.17, 15) is 9.59 Å². The molecule has 0 bridgehead atoms. The summed E-state index contributed by atoms with van der Waals surface area (Å²) >= 11 is 0. The van der Waals surface area contributed by atoms with E-state index in [1.807, 2.05) is 28.0 Å². The fourth-order valence-electron chi connectivity index (χ4n) is 3.85. The van der Waals surface area contributed by atoms with Crippen LogP contribution in [0.5, 0.6) is 0 Å². The first-order valence-corrected chi connectivity index (χ1v) is 8.42. The first-order chi connectivity index (χ1) is 10.7. The predicted octanol–water partition coefficient (Wildman–Crippen LogP) is 2.37. The Morgan fingerprint density at radius 3 is 2.36 bits per heavy atom. The van der Waals surface area contributed by atoms with Gasteiger partial charge in [0.2, 0.25) is 11.8 Å². The van der Waals surface area contributed by atoms with Gasteiger partial charge >= 0.3 is 0 Å². The smallest absolute Gasteiger partial charge is 0.242 e. The number of piperidine rings is 1. The summed E-state index contributed by atoms with van der Waals surface area (Å²) in [4.78, 5) is 29.7. The predicted molar refractivity (Wildman–Crippen MR) is 84.6 cm³/mol. The first-order valence-electron chi connectivity index (χ1n) is 8.42. The lowest BCUT2D eigenvalue weighted by molar-refractivity contribution is -0.143. The molecule has 4 rings (SSSR count). The van der Waals surface area contributed by atoms with E-state index in [0.29, 0.717) is 6.54 Å². The largest absolute Gasteiger partial charge is 0.342 e. The van der Waals surface area contributed by atoms with Gasteiger partial charge in [0, 0.05) is 25.3 Å². The number of para-hydroxylation sites is 1. The molecule has 0 unspecified atom stereocenters. The molecule has 2 amide bonds. The van der Waals surface area contributed by atoms with Crippen molar-refractivity contribution < 1.29 is 9.59 Å². The van der Waals surface area contributed by atoms with Crippen LogP contribution in [0.4, 0.5) is 5.69 Å². The van der Waals surface area contributed by atoms with Gasteiger partial charge in [0.05, 0.1) is 0 Å². The van der Waals surface area contributed by atoms with E-state index < -0.39 is 5.41 Å². The second kappa shape index (κ2) is 5.11. The Bertz CT molecular complexity index is 615. The van der Waals surface area contributed by atoms with E-state index >= 15 is 0 Å². The normalized spacial score (nSPS) is 22.4. The van der Waals surface area contributed by atoms with Gasteiger partial charge < -0.3 is 9.80 Å². The summed E-state index contributed by atoms with van der Waals surface area (Å²) in [6.45, 7) is 2.36. The summed E-state index contributed by atoms with van der Waals surface area (Å²) in [5, 5.41) is 0. The second-order valence-electron chi connectivity index (χ2n) is 6.77. The fourth-order valence-corrected chi connectivity index (χ4v) is 3.85. The Balaban J connectivity index is 1.56. The summed E-state index contributed by atoms with van der Waals surface area (Å²) in [6.07, 6.45) is 5.69. The summed E-state index contributed by atoms with van der Waals surface area (Å²) in [6, 6.07) is 8.06. The Hall–Kier alpha value is -1.84. The van der Waals surface area contributed by atoms with Crippen molar-refractivity contribution >= 4 is 17.5 Å². The highest BCUT2D eigenvalue weighted by Gasteiger charge is 2.59. The number of carbonyl (C=O) groups is 2.